The minimum Gasteiger partial charge on any atom is -0.478 e. The summed E-state index contributed by atoms with van der Waals surface area (Å²) >= 11 is 0. The smallest absolute Gasteiger partial charge is 0.336 e. The largest absolute Gasteiger partial charge is 0.478 e. The second-order valence-electron chi connectivity index (χ2n) is 3.58. The van der Waals surface area contributed by atoms with Crippen molar-refractivity contribution in [3.63, 3.8) is 0 Å². The average Bonchev–Trinajstić information content (AvgIpc) is 2.35. The molecule has 0 aliphatic heterocycles. The van der Waals surface area contributed by atoms with Gasteiger partial charge in [-0.3, -0.25) is 10.1 Å². The van der Waals surface area contributed by atoms with Gasteiger partial charge in [0.15, 0.2) is 0 Å². The summed E-state index contributed by atoms with van der Waals surface area (Å²) in [5.41, 5.74) is 4.21. The van der Waals surface area contributed by atoms with Crippen LogP contribution in [-0.4, -0.2) is 38.9 Å². The summed E-state index contributed by atoms with van der Waals surface area (Å²) in [6.07, 6.45) is -2.99. The minimum atomic E-state index is -1.60. The zero-order valence-electron chi connectivity index (χ0n) is 9.18. The van der Waals surface area contributed by atoms with Crippen molar-refractivity contribution in [2.75, 3.05) is 6.54 Å². The average molecular weight is 256 g/mol. The van der Waals surface area contributed by atoms with Crippen molar-refractivity contribution in [3.8, 4) is 0 Å². The van der Waals surface area contributed by atoms with Crippen molar-refractivity contribution in [1.29, 1.82) is 0 Å². The van der Waals surface area contributed by atoms with Gasteiger partial charge in [-0.15, -0.1) is 0 Å². The normalized spacial score (nSPS) is 13.9. The molecule has 98 valence electrons. The van der Waals surface area contributed by atoms with Crippen LogP contribution in [0.4, 0.5) is 5.69 Å². The molecule has 0 saturated carbocycles. The standard InChI is InChI=1S/C10H12N2O6/c11-4-8(13)9(14)7-3-5(12(17)18)1-2-6(7)10(15)16/h1-3,8-9,13-14H,4,11H2,(H,15,16). The molecule has 1 aromatic rings. The zero-order valence-corrected chi connectivity index (χ0v) is 9.18. The van der Waals surface area contributed by atoms with E-state index in [0.717, 1.165) is 18.2 Å². The fraction of sp³-hybridized carbons (Fsp3) is 0.300. The van der Waals surface area contributed by atoms with Crippen molar-refractivity contribution >= 4 is 11.7 Å². The lowest BCUT2D eigenvalue weighted by Crippen LogP contribution is -2.28. The van der Waals surface area contributed by atoms with E-state index < -0.39 is 23.1 Å². The van der Waals surface area contributed by atoms with E-state index in [2.05, 4.69) is 0 Å². The molecule has 8 heteroatoms. The van der Waals surface area contributed by atoms with Crippen molar-refractivity contribution < 1.29 is 25.0 Å². The Morgan fingerprint density at radius 3 is 2.50 bits per heavy atom. The monoisotopic (exact) mass is 256 g/mol. The molecule has 8 nitrogen and oxygen atoms in total. The number of nitro benzene ring substituents is 1. The third-order valence-corrected chi connectivity index (χ3v) is 2.40. The van der Waals surface area contributed by atoms with Crippen LogP contribution in [0.3, 0.4) is 0 Å². The molecule has 18 heavy (non-hydrogen) atoms. The first-order chi connectivity index (χ1) is 8.38. The molecule has 1 rings (SSSR count). The number of nitro groups is 1. The maximum Gasteiger partial charge on any atom is 0.336 e. The van der Waals surface area contributed by atoms with Gasteiger partial charge in [-0.2, -0.15) is 0 Å². The molecule has 5 N–H and O–H groups in total. The number of hydrogen-bond acceptors (Lipinski definition) is 6. The van der Waals surface area contributed by atoms with Crippen LogP contribution < -0.4 is 5.73 Å². The lowest BCUT2D eigenvalue weighted by Gasteiger charge is -2.17. The fourth-order valence-electron chi connectivity index (χ4n) is 1.44. The highest BCUT2D eigenvalue weighted by molar-refractivity contribution is 5.90. The Balaban J connectivity index is 3.31. The summed E-state index contributed by atoms with van der Waals surface area (Å²) in [4.78, 5) is 20.8. The van der Waals surface area contributed by atoms with Gasteiger partial charge in [-0.1, -0.05) is 0 Å². The Morgan fingerprint density at radius 2 is 2.06 bits per heavy atom. The number of rotatable bonds is 5. The maximum atomic E-state index is 10.9. The maximum absolute atomic E-state index is 10.9. The van der Waals surface area contributed by atoms with Crippen LogP contribution in [0.5, 0.6) is 0 Å². The van der Waals surface area contributed by atoms with Crippen LogP contribution in [-0.2, 0) is 0 Å². The number of carboxylic acids is 1. The van der Waals surface area contributed by atoms with Crippen molar-refractivity contribution in [2.45, 2.75) is 12.2 Å². The van der Waals surface area contributed by atoms with E-state index >= 15 is 0 Å². The van der Waals surface area contributed by atoms with Crippen LogP contribution in [0.15, 0.2) is 18.2 Å². The first-order valence-corrected chi connectivity index (χ1v) is 4.96. The molecular weight excluding hydrogens is 244 g/mol. The number of benzene rings is 1. The van der Waals surface area contributed by atoms with Gasteiger partial charge < -0.3 is 21.1 Å². The van der Waals surface area contributed by atoms with Gasteiger partial charge in [0.2, 0.25) is 0 Å². The Morgan fingerprint density at radius 1 is 1.44 bits per heavy atom. The Bertz CT molecular complexity index is 475. The van der Waals surface area contributed by atoms with E-state index in [1.807, 2.05) is 0 Å². The first kappa shape index (κ1) is 14.0. The molecule has 0 heterocycles. The number of carboxylic acid groups (broad SMARTS) is 1. The number of nitrogens with two attached hydrogens (primary N) is 1. The van der Waals surface area contributed by atoms with Crippen LogP contribution in [0, 0.1) is 10.1 Å². The van der Waals surface area contributed by atoms with Crippen LogP contribution in [0.25, 0.3) is 0 Å². The number of aliphatic hydroxyl groups is 2. The van der Waals surface area contributed by atoms with E-state index in [0.29, 0.717) is 0 Å². The SMILES string of the molecule is NCC(O)C(O)c1cc([N+](=O)[O-])ccc1C(=O)O. The minimum absolute atomic E-state index is 0.241. The van der Waals surface area contributed by atoms with Gasteiger partial charge >= 0.3 is 5.97 Å². The molecule has 0 aliphatic rings. The number of aliphatic hydroxyl groups excluding tert-OH is 2. The third kappa shape index (κ3) is 2.80. The van der Waals surface area contributed by atoms with E-state index in [1.165, 1.54) is 0 Å². The third-order valence-electron chi connectivity index (χ3n) is 2.40. The van der Waals surface area contributed by atoms with E-state index in [1.54, 1.807) is 0 Å². The molecule has 0 amide bonds. The Hall–Kier alpha value is -2.03. The highest BCUT2D eigenvalue weighted by Gasteiger charge is 2.25. The van der Waals surface area contributed by atoms with E-state index in [4.69, 9.17) is 10.8 Å². The first-order valence-electron chi connectivity index (χ1n) is 4.96. The van der Waals surface area contributed by atoms with Crippen LogP contribution in [0.1, 0.15) is 22.0 Å². The lowest BCUT2D eigenvalue weighted by molar-refractivity contribution is -0.385. The molecule has 0 bridgehead atoms. The van der Waals surface area contributed by atoms with Gasteiger partial charge in [0.1, 0.15) is 6.10 Å². The predicted octanol–water partition coefficient (Wildman–Crippen LogP) is -0.354. The molecule has 0 saturated heterocycles. The quantitative estimate of drug-likeness (QED) is 0.415. The molecule has 0 aromatic heterocycles. The predicted molar refractivity (Wildman–Crippen MR) is 60.1 cm³/mol. The van der Waals surface area contributed by atoms with Gasteiger partial charge in [-0.25, -0.2) is 4.79 Å². The topological polar surface area (TPSA) is 147 Å². The highest BCUT2D eigenvalue weighted by Crippen LogP contribution is 2.25. The van der Waals surface area contributed by atoms with Gasteiger partial charge in [-0.05, 0) is 6.07 Å². The summed E-state index contributed by atoms with van der Waals surface area (Å²) < 4.78 is 0. The lowest BCUT2D eigenvalue weighted by atomic mass is 9.98. The Kier molecular flexibility index (Phi) is 4.32. The molecule has 2 unspecified atom stereocenters. The number of carbonyl (C=O) groups is 1. The molecule has 1 aromatic carbocycles. The van der Waals surface area contributed by atoms with Gasteiger partial charge in [0, 0.05) is 24.2 Å². The number of nitrogens with zero attached hydrogens (tertiary/aromatic N) is 1. The van der Waals surface area contributed by atoms with Crippen molar-refractivity contribution in [3.05, 3.63) is 39.4 Å². The van der Waals surface area contributed by atoms with E-state index in [9.17, 15) is 25.1 Å². The summed E-state index contributed by atoms with van der Waals surface area (Å²) in [6.45, 7) is -0.303. The fourth-order valence-corrected chi connectivity index (χ4v) is 1.44. The summed E-state index contributed by atoms with van der Waals surface area (Å²) in [6, 6.07) is 2.92. The van der Waals surface area contributed by atoms with Crippen LogP contribution in [0.2, 0.25) is 0 Å². The number of aromatic carboxylic acids is 1. The molecule has 0 fully saturated rings. The number of non-ortho nitro benzene ring substituents is 1. The molecule has 0 aliphatic carbocycles. The number of hydrogen-bond donors (Lipinski definition) is 4. The van der Waals surface area contributed by atoms with E-state index in [-0.39, 0.29) is 23.4 Å². The Labute approximate surface area is 101 Å². The van der Waals surface area contributed by atoms with Gasteiger partial charge in [0.05, 0.1) is 16.6 Å². The molecule has 0 radical (unpaired) electrons. The molecule has 2 atom stereocenters. The summed E-state index contributed by atoms with van der Waals surface area (Å²) in [5.74, 6) is -1.36. The van der Waals surface area contributed by atoms with Crippen molar-refractivity contribution in [2.24, 2.45) is 5.73 Å². The zero-order chi connectivity index (χ0) is 13.9. The molecule has 0 spiro atoms. The highest BCUT2D eigenvalue weighted by atomic mass is 16.6. The summed E-state index contributed by atoms with van der Waals surface area (Å²) in [5, 5.41) is 38.6. The van der Waals surface area contributed by atoms with Gasteiger partial charge in [0.25, 0.3) is 5.69 Å². The second-order valence-corrected chi connectivity index (χ2v) is 3.58. The second kappa shape index (κ2) is 5.54. The van der Waals surface area contributed by atoms with Crippen molar-refractivity contribution in [1.82, 2.24) is 0 Å². The summed E-state index contributed by atoms with van der Waals surface area (Å²) in [7, 11) is 0. The molecular formula is C10H12N2O6. The van der Waals surface area contributed by atoms with Crippen LogP contribution >= 0.6 is 0 Å².